The molecule has 1 saturated heterocycles. The van der Waals surface area contributed by atoms with Gasteiger partial charge in [0.25, 0.3) is 10.0 Å². The van der Waals surface area contributed by atoms with Crippen molar-refractivity contribution in [3.63, 3.8) is 0 Å². The first-order valence-electron chi connectivity index (χ1n) is 6.33. The van der Waals surface area contributed by atoms with Crippen LogP contribution >= 0.6 is 0 Å². The number of hydrogen-bond donors (Lipinski definition) is 2. The predicted molar refractivity (Wildman–Crippen MR) is 70.9 cm³/mol. The number of anilines is 1. The summed E-state index contributed by atoms with van der Waals surface area (Å²) < 4.78 is 33.9. The van der Waals surface area contributed by atoms with Crippen molar-refractivity contribution in [1.82, 2.24) is 14.3 Å². The molecule has 2 heterocycles. The number of nitrogens with zero attached hydrogens (tertiary/aromatic N) is 2. The molecule has 0 bridgehead atoms. The Labute approximate surface area is 113 Å². The maximum atomic E-state index is 12.2. The van der Waals surface area contributed by atoms with Crippen LogP contribution in [0, 0.1) is 5.92 Å². The lowest BCUT2D eigenvalue weighted by atomic mass is 10.0. The van der Waals surface area contributed by atoms with Gasteiger partial charge in [-0.3, -0.25) is 0 Å². The fourth-order valence-electron chi connectivity index (χ4n) is 2.43. The normalized spacial score (nSPS) is 23.9. The van der Waals surface area contributed by atoms with E-state index in [0.29, 0.717) is 13.2 Å². The van der Waals surface area contributed by atoms with Crippen LogP contribution in [0.1, 0.15) is 19.8 Å². The van der Waals surface area contributed by atoms with Crippen molar-refractivity contribution in [1.29, 1.82) is 0 Å². The molecule has 7 nitrogen and oxygen atoms in total. The predicted octanol–water partition coefficient (Wildman–Crippen LogP) is 0.0957. The molecule has 8 heteroatoms. The number of aromatic nitrogens is 2. The van der Waals surface area contributed by atoms with Gasteiger partial charge in [-0.25, -0.2) is 18.1 Å². The molecule has 0 radical (unpaired) electrons. The van der Waals surface area contributed by atoms with Gasteiger partial charge in [0.05, 0.1) is 12.4 Å². The fraction of sp³-hybridized carbons (Fsp3) is 0.727. The second-order valence-electron chi connectivity index (χ2n) is 4.76. The average Bonchev–Trinajstić information content (AvgIpc) is 2.93. The standard InChI is InChI=1S/C11H20N4O3S/c1-3-9-8(4-5-18-9)6-14-19(16,17)11-10(12)13-7-15(11)2/h7-9,14H,3-6,12H2,1-2H3. The number of sulfonamides is 1. The summed E-state index contributed by atoms with van der Waals surface area (Å²) in [5.74, 6) is 0.235. The van der Waals surface area contributed by atoms with Crippen LogP contribution in [0.3, 0.4) is 0 Å². The summed E-state index contributed by atoms with van der Waals surface area (Å²) in [5.41, 5.74) is 5.59. The Balaban J connectivity index is 2.06. The molecule has 1 aliphatic rings. The molecule has 1 fully saturated rings. The summed E-state index contributed by atoms with van der Waals surface area (Å²) in [4.78, 5) is 3.79. The van der Waals surface area contributed by atoms with Gasteiger partial charge in [0.2, 0.25) is 0 Å². The number of aryl methyl sites for hydroxylation is 1. The summed E-state index contributed by atoms with van der Waals surface area (Å²) in [7, 11) is -2.02. The maximum Gasteiger partial charge on any atom is 0.260 e. The van der Waals surface area contributed by atoms with Gasteiger partial charge in [0, 0.05) is 26.1 Å². The Morgan fingerprint density at radius 1 is 1.63 bits per heavy atom. The van der Waals surface area contributed by atoms with Gasteiger partial charge < -0.3 is 15.0 Å². The van der Waals surface area contributed by atoms with Crippen LogP contribution in [0.5, 0.6) is 0 Å². The van der Waals surface area contributed by atoms with Gasteiger partial charge in [-0.2, -0.15) is 0 Å². The summed E-state index contributed by atoms with van der Waals surface area (Å²) in [6.07, 6.45) is 3.28. The molecule has 0 saturated carbocycles. The Kier molecular flexibility index (Phi) is 4.12. The Morgan fingerprint density at radius 2 is 2.37 bits per heavy atom. The minimum Gasteiger partial charge on any atom is -0.381 e. The van der Waals surface area contributed by atoms with E-state index in [-0.39, 0.29) is 22.9 Å². The van der Waals surface area contributed by atoms with E-state index in [1.807, 2.05) is 6.92 Å². The lowest BCUT2D eigenvalue weighted by molar-refractivity contribution is 0.0884. The first-order valence-corrected chi connectivity index (χ1v) is 7.82. The lowest BCUT2D eigenvalue weighted by Crippen LogP contribution is -2.33. The molecular weight excluding hydrogens is 268 g/mol. The number of nitrogen functional groups attached to an aromatic ring is 1. The van der Waals surface area contributed by atoms with E-state index in [1.54, 1.807) is 7.05 Å². The number of hydrogen-bond acceptors (Lipinski definition) is 5. The van der Waals surface area contributed by atoms with Gasteiger partial charge in [-0.05, 0) is 12.8 Å². The molecule has 2 unspecified atom stereocenters. The molecule has 3 N–H and O–H groups in total. The van der Waals surface area contributed by atoms with E-state index in [9.17, 15) is 8.42 Å². The van der Waals surface area contributed by atoms with Crippen molar-refractivity contribution in [2.75, 3.05) is 18.9 Å². The van der Waals surface area contributed by atoms with Crippen molar-refractivity contribution in [3.05, 3.63) is 6.33 Å². The zero-order chi connectivity index (χ0) is 14.0. The topological polar surface area (TPSA) is 99.2 Å². The monoisotopic (exact) mass is 288 g/mol. The van der Waals surface area contributed by atoms with Crippen LogP contribution in [0.15, 0.2) is 11.4 Å². The Bertz CT molecular complexity index is 521. The van der Waals surface area contributed by atoms with E-state index in [1.165, 1.54) is 10.9 Å². The van der Waals surface area contributed by atoms with Crippen molar-refractivity contribution in [2.45, 2.75) is 30.9 Å². The van der Waals surface area contributed by atoms with Crippen LogP contribution in [-0.2, 0) is 21.8 Å². The molecule has 0 spiro atoms. The molecule has 19 heavy (non-hydrogen) atoms. The third kappa shape index (κ3) is 2.90. The Morgan fingerprint density at radius 3 is 2.95 bits per heavy atom. The highest BCUT2D eigenvalue weighted by Gasteiger charge is 2.29. The number of imidazole rings is 1. The van der Waals surface area contributed by atoms with Crippen LogP contribution in [0.2, 0.25) is 0 Å². The number of ether oxygens (including phenoxy) is 1. The van der Waals surface area contributed by atoms with E-state index >= 15 is 0 Å². The number of rotatable bonds is 5. The van der Waals surface area contributed by atoms with Crippen LogP contribution in [0.4, 0.5) is 5.82 Å². The minimum absolute atomic E-state index is 0.0134. The van der Waals surface area contributed by atoms with E-state index in [0.717, 1.165) is 12.8 Å². The molecule has 1 aromatic heterocycles. The van der Waals surface area contributed by atoms with Gasteiger partial charge in [-0.1, -0.05) is 6.92 Å². The first kappa shape index (κ1) is 14.3. The van der Waals surface area contributed by atoms with Crippen molar-refractivity contribution in [2.24, 2.45) is 13.0 Å². The Hall–Kier alpha value is -1.12. The van der Waals surface area contributed by atoms with Crippen molar-refractivity contribution < 1.29 is 13.2 Å². The van der Waals surface area contributed by atoms with Gasteiger partial charge in [0.15, 0.2) is 10.8 Å². The lowest BCUT2D eigenvalue weighted by Gasteiger charge is -2.17. The fourth-order valence-corrected chi connectivity index (χ4v) is 3.75. The third-order valence-corrected chi connectivity index (χ3v) is 5.00. The van der Waals surface area contributed by atoms with Gasteiger partial charge in [0.1, 0.15) is 0 Å². The summed E-state index contributed by atoms with van der Waals surface area (Å²) in [6, 6.07) is 0. The highest BCUT2D eigenvalue weighted by atomic mass is 32.2. The smallest absolute Gasteiger partial charge is 0.260 e. The molecule has 2 rings (SSSR count). The first-order chi connectivity index (χ1) is 8.95. The summed E-state index contributed by atoms with van der Waals surface area (Å²) >= 11 is 0. The van der Waals surface area contributed by atoms with E-state index in [2.05, 4.69) is 9.71 Å². The highest BCUT2D eigenvalue weighted by Crippen LogP contribution is 2.23. The van der Waals surface area contributed by atoms with Crippen LogP contribution < -0.4 is 10.5 Å². The SMILES string of the molecule is CCC1OCCC1CNS(=O)(=O)c1c(N)ncn1C. The van der Waals surface area contributed by atoms with Crippen molar-refractivity contribution in [3.8, 4) is 0 Å². The molecular formula is C11H20N4O3S. The quantitative estimate of drug-likeness (QED) is 0.800. The zero-order valence-corrected chi connectivity index (χ0v) is 12.0. The van der Waals surface area contributed by atoms with E-state index in [4.69, 9.17) is 10.5 Å². The second kappa shape index (κ2) is 5.48. The largest absolute Gasteiger partial charge is 0.381 e. The molecule has 0 amide bonds. The second-order valence-corrected chi connectivity index (χ2v) is 6.45. The minimum atomic E-state index is -3.63. The van der Waals surface area contributed by atoms with Gasteiger partial charge in [-0.15, -0.1) is 0 Å². The van der Waals surface area contributed by atoms with Crippen LogP contribution in [-0.4, -0.2) is 37.2 Å². The molecule has 0 aliphatic carbocycles. The van der Waals surface area contributed by atoms with Gasteiger partial charge >= 0.3 is 0 Å². The van der Waals surface area contributed by atoms with Crippen molar-refractivity contribution >= 4 is 15.8 Å². The number of nitrogens with two attached hydrogens (primary N) is 1. The van der Waals surface area contributed by atoms with Crippen LogP contribution in [0.25, 0.3) is 0 Å². The maximum absolute atomic E-state index is 12.2. The molecule has 1 aromatic rings. The zero-order valence-electron chi connectivity index (χ0n) is 11.2. The molecule has 108 valence electrons. The average molecular weight is 288 g/mol. The summed E-state index contributed by atoms with van der Waals surface area (Å²) in [5, 5.41) is 0.0134. The molecule has 2 atom stereocenters. The highest BCUT2D eigenvalue weighted by molar-refractivity contribution is 7.89. The summed E-state index contributed by atoms with van der Waals surface area (Å²) in [6.45, 7) is 3.10. The number of nitrogens with one attached hydrogen (secondary N) is 1. The third-order valence-electron chi connectivity index (χ3n) is 3.45. The van der Waals surface area contributed by atoms with E-state index < -0.39 is 10.0 Å². The molecule has 0 aromatic carbocycles. The molecule has 1 aliphatic heterocycles.